The Bertz CT molecular complexity index is 1140. The highest BCUT2D eigenvalue weighted by molar-refractivity contribution is 5.94. The lowest BCUT2D eigenvalue weighted by molar-refractivity contribution is -0.141. The molecule has 3 aromatic heterocycles. The van der Waals surface area contributed by atoms with Gasteiger partial charge < -0.3 is 4.90 Å². The molecule has 0 unspecified atom stereocenters. The van der Waals surface area contributed by atoms with Gasteiger partial charge >= 0.3 is 6.18 Å². The summed E-state index contributed by atoms with van der Waals surface area (Å²) in [7, 11) is 0. The number of halogens is 3. The Hall–Kier alpha value is -3.56. The minimum absolute atomic E-state index is 0.128. The first-order valence-electron chi connectivity index (χ1n) is 10.1. The van der Waals surface area contributed by atoms with E-state index in [4.69, 9.17) is 0 Å². The smallest absolute Gasteiger partial charge is 0.339 e. The number of piperidine rings is 1. The Morgan fingerprint density at radius 2 is 1.78 bits per heavy atom. The standard InChI is InChI=1S/C22H20F3N5O2/c23-22(24,25)19-2-1-17(12-27-19)21(32)29-9-5-15(6-10-29)13-30-14-28-18(11-20(30)31)16-3-7-26-8-4-16/h1-4,7-8,11-12,14-15H,5-6,9-10,13H2. The van der Waals surface area contributed by atoms with Crippen LogP contribution in [0.15, 0.2) is 60.0 Å². The molecule has 3 aromatic rings. The van der Waals surface area contributed by atoms with Gasteiger partial charge in [-0.25, -0.2) is 4.98 Å². The fraction of sp³-hybridized carbons (Fsp3) is 0.318. The zero-order valence-corrected chi connectivity index (χ0v) is 17.0. The first-order chi connectivity index (χ1) is 15.3. The second kappa shape index (κ2) is 8.89. The average Bonchev–Trinajstić information content (AvgIpc) is 2.80. The van der Waals surface area contributed by atoms with Crippen molar-refractivity contribution in [1.29, 1.82) is 0 Å². The van der Waals surface area contributed by atoms with Crippen molar-refractivity contribution in [2.45, 2.75) is 25.6 Å². The number of hydrogen-bond donors (Lipinski definition) is 0. The van der Waals surface area contributed by atoms with Gasteiger partial charge in [0.15, 0.2) is 0 Å². The molecule has 4 rings (SSSR count). The summed E-state index contributed by atoms with van der Waals surface area (Å²) in [6.45, 7) is 1.41. The number of alkyl halides is 3. The molecule has 0 saturated carbocycles. The van der Waals surface area contributed by atoms with Gasteiger partial charge in [0.05, 0.1) is 17.6 Å². The molecule has 0 atom stereocenters. The third-order valence-electron chi connectivity index (χ3n) is 5.51. The van der Waals surface area contributed by atoms with Crippen LogP contribution in [0.3, 0.4) is 0 Å². The molecule has 0 aliphatic carbocycles. The predicted octanol–water partition coefficient (Wildman–Crippen LogP) is 3.27. The SMILES string of the molecule is O=C(c1ccc(C(F)(F)F)nc1)N1CCC(Cn2cnc(-c3ccncc3)cc2=O)CC1. The number of carbonyl (C=O) groups is 1. The summed E-state index contributed by atoms with van der Waals surface area (Å²) in [4.78, 5) is 38.4. The first kappa shape index (κ1) is 21.7. The van der Waals surface area contributed by atoms with Gasteiger partial charge in [-0.3, -0.25) is 24.1 Å². The number of likely N-dealkylation sites (tertiary alicyclic amines) is 1. The molecule has 0 radical (unpaired) electrons. The molecule has 0 spiro atoms. The summed E-state index contributed by atoms with van der Waals surface area (Å²) in [6, 6.07) is 7.02. The van der Waals surface area contributed by atoms with Crippen LogP contribution in [0.25, 0.3) is 11.3 Å². The lowest BCUT2D eigenvalue weighted by Crippen LogP contribution is -2.40. The summed E-state index contributed by atoms with van der Waals surface area (Å²) in [5.41, 5.74) is 0.347. The predicted molar refractivity (Wildman–Crippen MR) is 110 cm³/mol. The van der Waals surface area contributed by atoms with Crippen molar-refractivity contribution >= 4 is 5.91 Å². The maximum absolute atomic E-state index is 12.6. The van der Waals surface area contributed by atoms with Crippen LogP contribution in [0.5, 0.6) is 0 Å². The lowest BCUT2D eigenvalue weighted by Gasteiger charge is -2.32. The second-order valence-electron chi connectivity index (χ2n) is 7.67. The molecule has 32 heavy (non-hydrogen) atoms. The van der Waals surface area contributed by atoms with E-state index in [2.05, 4.69) is 15.0 Å². The molecule has 7 nitrogen and oxygen atoms in total. The third-order valence-corrected chi connectivity index (χ3v) is 5.51. The van der Waals surface area contributed by atoms with Crippen LogP contribution in [0.4, 0.5) is 13.2 Å². The largest absolute Gasteiger partial charge is 0.433 e. The van der Waals surface area contributed by atoms with Gasteiger partial charge in [-0.15, -0.1) is 0 Å². The summed E-state index contributed by atoms with van der Waals surface area (Å²) in [6.07, 6.45) is 2.59. The van der Waals surface area contributed by atoms with E-state index in [1.165, 1.54) is 12.4 Å². The van der Waals surface area contributed by atoms with Crippen molar-refractivity contribution in [3.8, 4) is 11.3 Å². The van der Waals surface area contributed by atoms with E-state index in [0.29, 0.717) is 38.2 Å². The Morgan fingerprint density at radius 3 is 2.38 bits per heavy atom. The van der Waals surface area contributed by atoms with Crippen LogP contribution in [0.1, 0.15) is 28.9 Å². The Morgan fingerprint density at radius 1 is 1.06 bits per heavy atom. The molecule has 1 aliphatic rings. The van der Waals surface area contributed by atoms with Gasteiger partial charge in [-0.05, 0) is 43.0 Å². The molecule has 1 saturated heterocycles. The van der Waals surface area contributed by atoms with E-state index in [0.717, 1.165) is 23.9 Å². The van der Waals surface area contributed by atoms with Crippen LogP contribution in [-0.4, -0.2) is 43.4 Å². The second-order valence-corrected chi connectivity index (χ2v) is 7.67. The van der Waals surface area contributed by atoms with Crippen molar-refractivity contribution < 1.29 is 18.0 Å². The molecule has 1 amide bonds. The lowest BCUT2D eigenvalue weighted by atomic mass is 9.96. The van der Waals surface area contributed by atoms with Gasteiger partial charge in [-0.2, -0.15) is 13.2 Å². The monoisotopic (exact) mass is 443 g/mol. The van der Waals surface area contributed by atoms with E-state index in [-0.39, 0.29) is 22.9 Å². The van der Waals surface area contributed by atoms with E-state index in [1.807, 2.05) is 0 Å². The van der Waals surface area contributed by atoms with E-state index >= 15 is 0 Å². The summed E-state index contributed by atoms with van der Waals surface area (Å²) in [5, 5.41) is 0. The van der Waals surface area contributed by atoms with Gasteiger partial charge in [0.1, 0.15) is 5.69 Å². The molecular formula is C22H20F3N5O2. The third kappa shape index (κ3) is 4.84. The number of amides is 1. The topological polar surface area (TPSA) is 81.0 Å². The number of rotatable bonds is 4. The van der Waals surface area contributed by atoms with Gasteiger partial charge in [-0.1, -0.05) is 0 Å². The van der Waals surface area contributed by atoms with Crippen molar-refractivity contribution in [3.05, 3.63) is 76.9 Å². The Kier molecular flexibility index (Phi) is 6.02. The number of carbonyl (C=O) groups excluding carboxylic acids is 1. The van der Waals surface area contributed by atoms with Gasteiger partial charge in [0.25, 0.3) is 11.5 Å². The number of pyridine rings is 2. The fourth-order valence-corrected chi connectivity index (χ4v) is 3.71. The average molecular weight is 443 g/mol. The van der Waals surface area contributed by atoms with Crippen molar-refractivity contribution in [2.75, 3.05) is 13.1 Å². The van der Waals surface area contributed by atoms with Crippen LogP contribution < -0.4 is 5.56 Å². The molecule has 0 aromatic carbocycles. The highest BCUT2D eigenvalue weighted by Gasteiger charge is 2.32. The van der Waals surface area contributed by atoms with Crippen LogP contribution in [-0.2, 0) is 12.7 Å². The minimum Gasteiger partial charge on any atom is -0.339 e. The van der Waals surface area contributed by atoms with Crippen molar-refractivity contribution in [3.63, 3.8) is 0 Å². The van der Waals surface area contributed by atoms with Gasteiger partial charge in [0, 0.05) is 49.9 Å². The maximum Gasteiger partial charge on any atom is 0.433 e. The number of aromatic nitrogens is 4. The summed E-state index contributed by atoms with van der Waals surface area (Å²) >= 11 is 0. The first-order valence-corrected chi connectivity index (χ1v) is 10.1. The minimum atomic E-state index is -4.54. The van der Waals surface area contributed by atoms with Crippen LogP contribution in [0.2, 0.25) is 0 Å². The van der Waals surface area contributed by atoms with Crippen molar-refractivity contribution in [2.24, 2.45) is 5.92 Å². The van der Waals surface area contributed by atoms with Crippen molar-refractivity contribution in [1.82, 2.24) is 24.4 Å². The Labute approximate surface area is 181 Å². The quantitative estimate of drug-likeness (QED) is 0.618. The fourth-order valence-electron chi connectivity index (χ4n) is 3.71. The van der Waals surface area contributed by atoms with Gasteiger partial charge in [0.2, 0.25) is 0 Å². The molecule has 0 N–H and O–H groups in total. The highest BCUT2D eigenvalue weighted by atomic mass is 19.4. The molecular weight excluding hydrogens is 423 g/mol. The summed E-state index contributed by atoms with van der Waals surface area (Å²) < 4.78 is 39.5. The molecule has 1 aliphatic heterocycles. The van der Waals surface area contributed by atoms with Crippen LogP contribution >= 0.6 is 0 Å². The van der Waals surface area contributed by atoms with E-state index in [1.54, 1.807) is 34.0 Å². The van der Waals surface area contributed by atoms with Crippen LogP contribution in [0, 0.1) is 5.92 Å². The Balaban J connectivity index is 1.35. The number of hydrogen-bond acceptors (Lipinski definition) is 5. The molecule has 1 fully saturated rings. The summed E-state index contributed by atoms with van der Waals surface area (Å²) in [5.74, 6) is -0.152. The molecule has 166 valence electrons. The maximum atomic E-state index is 12.6. The zero-order valence-electron chi connectivity index (χ0n) is 17.0. The molecule has 4 heterocycles. The normalized spacial score (nSPS) is 15.0. The van der Waals surface area contributed by atoms with E-state index in [9.17, 15) is 22.8 Å². The molecule has 0 bridgehead atoms. The highest BCUT2D eigenvalue weighted by Crippen LogP contribution is 2.27. The zero-order chi connectivity index (χ0) is 22.7. The number of nitrogens with zero attached hydrogens (tertiary/aromatic N) is 5. The van der Waals surface area contributed by atoms with E-state index < -0.39 is 11.9 Å². The molecule has 10 heteroatoms.